The molecular formula is C76H124O6. The molecular weight excluding hydrogens is 1010 g/mol. The van der Waals surface area contributed by atoms with Gasteiger partial charge in [0.05, 0.1) is 0 Å². The number of carbonyl (C=O) groups excluding carboxylic acids is 3. The molecule has 0 heterocycles. The fraction of sp³-hybridized carbons (Fsp3) is 0.645. The Hall–Kier alpha value is -4.71. The van der Waals surface area contributed by atoms with Crippen molar-refractivity contribution in [2.75, 3.05) is 13.2 Å². The van der Waals surface area contributed by atoms with E-state index in [0.717, 1.165) is 167 Å². The number of ether oxygens (including phenoxy) is 3. The molecule has 1 unspecified atom stereocenters. The summed E-state index contributed by atoms with van der Waals surface area (Å²) in [5.41, 5.74) is 0. The Labute approximate surface area is 506 Å². The molecule has 6 heteroatoms. The lowest BCUT2D eigenvalue weighted by atomic mass is 10.1. The monoisotopic (exact) mass is 1130 g/mol. The average Bonchev–Trinajstić information content (AvgIpc) is 3.48. The minimum Gasteiger partial charge on any atom is -0.462 e. The number of allylic oxidation sites excluding steroid dienone is 24. The molecule has 6 nitrogen and oxygen atoms in total. The van der Waals surface area contributed by atoms with E-state index in [1.165, 1.54) is 89.9 Å². The van der Waals surface area contributed by atoms with Crippen LogP contribution in [0.2, 0.25) is 0 Å². The number of hydrogen-bond acceptors (Lipinski definition) is 6. The van der Waals surface area contributed by atoms with E-state index < -0.39 is 6.10 Å². The summed E-state index contributed by atoms with van der Waals surface area (Å²) in [6.07, 6.45) is 98.5. The third kappa shape index (κ3) is 66.1. The molecule has 0 radical (unpaired) electrons. The minimum absolute atomic E-state index is 0.0993. The number of rotatable bonds is 60. The first-order chi connectivity index (χ1) is 40.5. The number of esters is 3. The molecule has 0 aromatic carbocycles. The van der Waals surface area contributed by atoms with Gasteiger partial charge >= 0.3 is 17.9 Å². The van der Waals surface area contributed by atoms with Gasteiger partial charge in [-0.2, -0.15) is 0 Å². The molecule has 0 saturated carbocycles. The van der Waals surface area contributed by atoms with Crippen LogP contribution in [0.3, 0.4) is 0 Å². The Bertz CT molecular complexity index is 1780. The maximum atomic E-state index is 12.9. The van der Waals surface area contributed by atoms with Crippen LogP contribution in [0.4, 0.5) is 0 Å². The fourth-order valence-electron chi connectivity index (χ4n) is 8.98. The van der Waals surface area contributed by atoms with Crippen LogP contribution < -0.4 is 0 Å². The van der Waals surface area contributed by atoms with E-state index in [0.29, 0.717) is 19.3 Å². The van der Waals surface area contributed by atoms with Crippen molar-refractivity contribution in [3.05, 3.63) is 146 Å². The Kier molecular flexibility index (Phi) is 64.8. The average molecular weight is 1130 g/mol. The smallest absolute Gasteiger partial charge is 0.306 e. The summed E-state index contributed by atoms with van der Waals surface area (Å²) in [5.74, 6) is -0.937. The highest BCUT2D eigenvalue weighted by molar-refractivity contribution is 5.71. The molecule has 0 amide bonds. The lowest BCUT2D eigenvalue weighted by molar-refractivity contribution is -0.167. The maximum absolute atomic E-state index is 12.9. The molecule has 0 aliphatic rings. The number of hydrogen-bond donors (Lipinski definition) is 0. The Morgan fingerprint density at radius 2 is 0.488 bits per heavy atom. The zero-order chi connectivity index (χ0) is 59.2. The molecule has 0 fully saturated rings. The highest BCUT2D eigenvalue weighted by Crippen LogP contribution is 2.15. The van der Waals surface area contributed by atoms with Crippen LogP contribution in [0.5, 0.6) is 0 Å². The van der Waals surface area contributed by atoms with Crippen LogP contribution in [0.25, 0.3) is 0 Å². The van der Waals surface area contributed by atoms with Crippen molar-refractivity contribution in [1.82, 2.24) is 0 Å². The first kappa shape index (κ1) is 77.3. The summed E-state index contributed by atoms with van der Waals surface area (Å²) in [6, 6.07) is 0. The molecule has 0 spiro atoms. The van der Waals surface area contributed by atoms with Crippen molar-refractivity contribution in [3.63, 3.8) is 0 Å². The van der Waals surface area contributed by atoms with Gasteiger partial charge < -0.3 is 14.2 Å². The predicted molar refractivity (Wildman–Crippen MR) is 357 cm³/mol. The van der Waals surface area contributed by atoms with Gasteiger partial charge in [0, 0.05) is 19.3 Å². The summed E-state index contributed by atoms with van der Waals surface area (Å²) in [6.45, 7) is 6.45. The number of carbonyl (C=O) groups is 3. The molecule has 82 heavy (non-hydrogen) atoms. The third-order valence-electron chi connectivity index (χ3n) is 14.0. The van der Waals surface area contributed by atoms with E-state index in [2.05, 4.69) is 167 Å². The van der Waals surface area contributed by atoms with Gasteiger partial charge in [-0.25, -0.2) is 0 Å². The molecule has 0 rings (SSSR count). The first-order valence-corrected chi connectivity index (χ1v) is 33.8. The SMILES string of the molecule is CC/C=C\C/C=C\C/C=C\C/C=C\C/C=C\C/C=C\C/C=C\CCCCCCCC(=O)OCC(COC(=O)CCCCCCC/C=C\C/C=C\CCCC)OC(=O)CCCCCCCCCC/C=C\C/C=C\C/C=C\CCCCCCC. The summed E-state index contributed by atoms with van der Waals surface area (Å²) < 4.78 is 16.9. The van der Waals surface area contributed by atoms with Crippen molar-refractivity contribution < 1.29 is 28.6 Å². The normalized spacial score (nSPS) is 13.1. The van der Waals surface area contributed by atoms with E-state index in [-0.39, 0.29) is 31.1 Å². The Morgan fingerprint density at radius 3 is 0.780 bits per heavy atom. The standard InChI is InChI=1S/C76H124O6/c1-4-7-10-13-16-19-22-25-28-30-32-34-36-37-38-39-41-42-44-46-48-51-54-57-60-63-66-69-75(78)81-72-73(71-80-74(77)68-65-62-59-56-53-50-27-24-21-18-15-12-9-6-3)82-76(79)70-67-64-61-58-55-52-49-47-45-43-40-35-33-31-29-26-23-20-17-14-11-8-5-2/h7,10,15-16,18-19,23-28,31-34,37-38,40-43,46,48,73H,4-6,8-9,11-14,17,20-22,29-30,35-36,39,44-45,47,49-72H2,1-3H3/b10-7-,18-15-,19-16-,26-23-,27-24-,28-25-,33-31-,34-32-,38-37-,42-41-,43-40-,48-46-. The van der Waals surface area contributed by atoms with Crippen LogP contribution in [0, 0.1) is 0 Å². The van der Waals surface area contributed by atoms with Crippen molar-refractivity contribution in [2.24, 2.45) is 0 Å². The maximum Gasteiger partial charge on any atom is 0.306 e. The van der Waals surface area contributed by atoms with E-state index >= 15 is 0 Å². The molecule has 0 aromatic heterocycles. The van der Waals surface area contributed by atoms with Crippen molar-refractivity contribution in [3.8, 4) is 0 Å². The van der Waals surface area contributed by atoms with E-state index in [1.807, 2.05) is 0 Å². The Balaban J connectivity index is 4.43. The second-order valence-corrected chi connectivity index (χ2v) is 22.0. The minimum atomic E-state index is -0.805. The third-order valence-corrected chi connectivity index (χ3v) is 14.0. The van der Waals surface area contributed by atoms with E-state index in [9.17, 15) is 14.4 Å². The van der Waals surface area contributed by atoms with Gasteiger partial charge in [-0.15, -0.1) is 0 Å². The van der Waals surface area contributed by atoms with Crippen LogP contribution in [-0.4, -0.2) is 37.2 Å². The molecule has 0 bridgehead atoms. The highest BCUT2D eigenvalue weighted by atomic mass is 16.6. The molecule has 464 valence electrons. The Morgan fingerprint density at radius 1 is 0.256 bits per heavy atom. The largest absolute Gasteiger partial charge is 0.462 e. The van der Waals surface area contributed by atoms with Crippen molar-refractivity contribution >= 4 is 17.9 Å². The lowest BCUT2D eigenvalue weighted by Crippen LogP contribution is -2.30. The van der Waals surface area contributed by atoms with Gasteiger partial charge in [0.2, 0.25) is 0 Å². The van der Waals surface area contributed by atoms with Crippen LogP contribution in [0.15, 0.2) is 146 Å². The number of unbranched alkanes of at least 4 members (excludes halogenated alkanes) is 25. The molecule has 0 aliphatic carbocycles. The first-order valence-electron chi connectivity index (χ1n) is 33.8. The summed E-state index contributed by atoms with van der Waals surface area (Å²) in [7, 11) is 0. The van der Waals surface area contributed by atoms with Crippen molar-refractivity contribution in [1.29, 1.82) is 0 Å². The predicted octanol–water partition coefficient (Wildman–Crippen LogP) is 23.5. The van der Waals surface area contributed by atoms with Gasteiger partial charge in [-0.05, 0) is 141 Å². The van der Waals surface area contributed by atoms with Gasteiger partial charge in [-0.3, -0.25) is 14.4 Å². The van der Waals surface area contributed by atoms with Gasteiger partial charge in [0.1, 0.15) is 13.2 Å². The van der Waals surface area contributed by atoms with E-state index in [4.69, 9.17) is 14.2 Å². The zero-order valence-corrected chi connectivity index (χ0v) is 53.2. The van der Waals surface area contributed by atoms with Crippen LogP contribution in [0.1, 0.15) is 297 Å². The van der Waals surface area contributed by atoms with Crippen molar-refractivity contribution in [2.45, 2.75) is 303 Å². The van der Waals surface area contributed by atoms with Gasteiger partial charge in [0.15, 0.2) is 6.10 Å². The molecule has 1 atom stereocenters. The summed E-state index contributed by atoms with van der Waals surface area (Å²) >= 11 is 0. The summed E-state index contributed by atoms with van der Waals surface area (Å²) in [4.78, 5) is 38.4. The van der Waals surface area contributed by atoms with Crippen LogP contribution in [-0.2, 0) is 28.6 Å². The van der Waals surface area contributed by atoms with Gasteiger partial charge in [0.25, 0.3) is 0 Å². The molecule has 0 aliphatic heterocycles. The quantitative estimate of drug-likeness (QED) is 0.0261. The van der Waals surface area contributed by atoms with Crippen LogP contribution >= 0.6 is 0 Å². The molecule has 0 saturated heterocycles. The fourth-order valence-corrected chi connectivity index (χ4v) is 8.98. The zero-order valence-electron chi connectivity index (χ0n) is 53.2. The summed E-state index contributed by atoms with van der Waals surface area (Å²) in [5, 5.41) is 0. The van der Waals surface area contributed by atoms with Gasteiger partial charge in [-0.1, -0.05) is 282 Å². The molecule has 0 aromatic rings. The molecule has 0 N–H and O–H groups in total. The second-order valence-electron chi connectivity index (χ2n) is 22.0. The topological polar surface area (TPSA) is 78.9 Å². The highest BCUT2D eigenvalue weighted by Gasteiger charge is 2.19. The van der Waals surface area contributed by atoms with E-state index in [1.54, 1.807) is 0 Å². The second kappa shape index (κ2) is 68.8. The lowest BCUT2D eigenvalue weighted by Gasteiger charge is -2.18.